The van der Waals surface area contributed by atoms with E-state index in [1.54, 1.807) is 0 Å². The highest BCUT2D eigenvalue weighted by atomic mass is 32.2. The summed E-state index contributed by atoms with van der Waals surface area (Å²) in [6.07, 6.45) is 0.520. The first kappa shape index (κ1) is 19.4. The molecular formula is C18H18F2N2O4S. The molecule has 1 heterocycles. The second-order valence-corrected chi connectivity index (χ2v) is 7.99. The molecule has 1 atom stereocenters. The van der Waals surface area contributed by atoms with Gasteiger partial charge in [-0.1, -0.05) is 0 Å². The van der Waals surface area contributed by atoms with Crippen LogP contribution in [-0.2, 0) is 14.8 Å². The SMILES string of the molecule is Cc1cc(NC(=O)c2cc(F)cc(S(=O)(=O)N[C@H]3CCOC3)c2)ccc1F. The molecular weight excluding hydrogens is 378 g/mol. The summed E-state index contributed by atoms with van der Waals surface area (Å²) >= 11 is 0. The second kappa shape index (κ2) is 7.71. The average Bonchev–Trinajstić information content (AvgIpc) is 3.10. The van der Waals surface area contributed by atoms with E-state index in [9.17, 15) is 22.0 Å². The van der Waals surface area contributed by atoms with Gasteiger partial charge in [0.25, 0.3) is 5.91 Å². The summed E-state index contributed by atoms with van der Waals surface area (Å²) < 4.78 is 59.7. The molecule has 1 saturated heterocycles. The molecule has 144 valence electrons. The number of hydrogen-bond acceptors (Lipinski definition) is 4. The fourth-order valence-corrected chi connectivity index (χ4v) is 4.00. The van der Waals surface area contributed by atoms with Crippen LogP contribution in [0.2, 0.25) is 0 Å². The highest BCUT2D eigenvalue weighted by molar-refractivity contribution is 7.89. The van der Waals surface area contributed by atoms with Gasteiger partial charge in [-0.25, -0.2) is 21.9 Å². The van der Waals surface area contributed by atoms with E-state index in [0.717, 1.165) is 18.2 Å². The smallest absolute Gasteiger partial charge is 0.255 e. The average molecular weight is 396 g/mol. The zero-order valence-corrected chi connectivity index (χ0v) is 15.3. The van der Waals surface area contributed by atoms with Gasteiger partial charge in [0.2, 0.25) is 10.0 Å². The van der Waals surface area contributed by atoms with Gasteiger partial charge in [-0.05, 0) is 55.3 Å². The van der Waals surface area contributed by atoms with Gasteiger partial charge in [0, 0.05) is 23.9 Å². The van der Waals surface area contributed by atoms with Crippen molar-refractivity contribution in [1.82, 2.24) is 4.72 Å². The molecule has 0 unspecified atom stereocenters. The number of benzene rings is 2. The van der Waals surface area contributed by atoms with Crippen molar-refractivity contribution in [1.29, 1.82) is 0 Å². The molecule has 1 amide bonds. The summed E-state index contributed by atoms with van der Waals surface area (Å²) in [6.45, 7) is 2.23. The lowest BCUT2D eigenvalue weighted by atomic mass is 10.1. The molecule has 0 spiro atoms. The monoisotopic (exact) mass is 396 g/mol. The van der Waals surface area contributed by atoms with Crippen LogP contribution >= 0.6 is 0 Å². The molecule has 1 fully saturated rings. The first-order valence-corrected chi connectivity index (χ1v) is 9.71. The molecule has 2 aromatic rings. The summed E-state index contributed by atoms with van der Waals surface area (Å²) in [5.41, 5.74) is 0.479. The molecule has 1 aliphatic rings. The van der Waals surface area contributed by atoms with Crippen LogP contribution in [0.5, 0.6) is 0 Å². The van der Waals surface area contributed by atoms with Crippen LogP contribution < -0.4 is 10.0 Å². The van der Waals surface area contributed by atoms with Crippen molar-refractivity contribution in [3.05, 3.63) is 59.2 Å². The summed E-state index contributed by atoms with van der Waals surface area (Å²) in [7, 11) is -4.01. The Bertz CT molecular complexity index is 973. The van der Waals surface area contributed by atoms with Crippen molar-refractivity contribution >= 4 is 21.6 Å². The van der Waals surface area contributed by atoms with E-state index in [-0.39, 0.29) is 17.1 Å². The van der Waals surface area contributed by atoms with Gasteiger partial charge in [0.1, 0.15) is 11.6 Å². The number of amides is 1. The molecule has 6 nitrogen and oxygen atoms in total. The van der Waals surface area contributed by atoms with Crippen molar-refractivity contribution < 1.29 is 26.7 Å². The number of nitrogens with one attached hydrogen (secondary N) is 2. The second-order valence-electron chi connectivity index (χ2n) is 6.28. The first-order chi connectivity index (χ1) is 12.7. The quantitative estimate of drug-likeness (QED) is 0.814. The minimum Gasteiger partial charge on any atom is -0.380 e. The van der Waals surface area contributed by atoms with E-state index in [1.807, 2.05) is 0 Å². The van der Waals surface area contributed by atoms with E-state index in [2.05, 4.69) is 10.0 Å². The van der Waals surface area contributed by atoms with E-state index in [1.165, 1.54) is 25.1 Å². The molecule has 0 bridgehead atoms. The Morgan fingerprint density at radius 1 is 1.19 bits per heavy atom. The Labute approximate surface area is 155 Å². The summed E-state index contributed by atoms with van der Waals surface area (Å²) in [5, 5.41) is 2.50. The highest BCUT2D eigenvalue weighted by Crippen LogP contribution is 2.19. The summed E-state index contributed by atoms with van der Waals surface area (Å²) in [4.78, 5) is 12.0. The van der Waals surface area contributed by atoms with Gasteiger partial charge in [-0.15, -0.1) is 0 Å². The number of halogens is 2. The third-order valence-electron chi connectivity index (χ3n) is 4.11. The van der Waals surface area contributed by atoms with Crippen LogP contribution in [0.15, 0.2) is 41.3 Å². The standard InChI is InChI=1S/C18H18F2N2O4S/c1-11-6-14(2-3-17(11)20)21-18(23)12-7-13(19)9-16(8-12)27(24,25)22-15-4-5-26-10-15/h2-3,6-9,15,22H,4-5,10H2,1H3,(H,21,23)/t15-/m0/s1. The van der Waals surface area contributed by atoms with Crippen LogP contribution in [0, 0.1) is 18.6 Å². The minimum absolute atomic E-state index is 0.167. The molecule has 2 aromatic carbocycles. The molecule has 0 saturated carbocycles. The zero-order valence-electron chi connectivity index (χ0n) is 14.5. The minimum atomic E-state index is -4.01. The first-order valence-electron chi connectivity index (χ1n) is 8.23. The van der Waals surface area contributed by atoms with Crippen molar-refractivity contribution in [2.24, 2.45) is 0 Å². The summed E-state index contributed by atoms with van der Waals surface area (Å²) in [5.74, 6) is -1.99. The number of sulfonamides is 1. The Hall–Kier alpha value is -2.36. The Morgan fingerprint density at radius 3 is 2.63 bits per heavy atom. The molecule has 27 heavy (non-hydrogen) atoms. The number of anilines is 1. The number of carbonyl (C=O) groups is 1. The van der Waals surface area contributed by atoms with E-state index < -0.39 is 33.6 Å². The Morgan fingerprint density at radius 2 is 1.96 bits per heavy atom. The Kier molecular flexibility index (Phi) is 5.54. The molecule has 9 heteroatoms. The summed E-state index contributed by atoms with van der Waals surface area (Å²) in [6, 6.07) is 6.45. The number of rotatable bonds is 5. The van der Waals surface area contributed by atoms with Crippen molar-refractivity contribution in [2.75, 3.05) is 18.5 Å². The van der Waals surface area contributed by atoms with Crippen molar-refractivity contribution in [2.45, 2.75) is 24.3 Å². The van der Waals surface area contributed by atoms with Crippen LogP contribution in [0.3, 0.4) is 0 Å². The van der Waals surface area contributed by atoms with Gasteiger partial charge in [0.15, 0.2) is 0 Å². The number of aryl methyl sites for hydroxylation is 1. The maximum absolute atomic E-state index is 13.9. The molecule has 1 aliphatic heterocycles. The van der Waals surface area contributed by atoms with Gasteiger partial charge in [-0.2, -0.15) is 0 Å². The number of hydrogen-bond donors (Lipinski definition) is 2. The third-order valence-corrected chi connectivity index (χ3v) is 5.61. The highest BCUT2D eigenvalue weighted by Gasteiger charge is 2.25. The van der Waals surface area contributed by atoms with E-state index >= 15 is 0 Å². The van der Waals surface area contributed by atoms with E-state index in [0.29, 0.717) is 24.3 Å². The molecule has 3 rings (SSSR count). The maximum Gasteiger partial charge on any atom is 0.255 e. The topological polar surface area (TPSA) is 84.5 Å². The largest absolute Gasteiger partial charge is 0.380 e. The van der Waals surface area contributed by atoms with Crippen molar-refractivity contribution in [3.63, 3.8) is 0 Å². The zero-order chi connectivity index (χ0) is 19.6. The molecule has 2 N–H and O–H groups in total. The van der Waals surface area contributed by atoms with Crippen LogP contribution in [0.1, 0.15) is 22.3 Å². The molecule has 0 aromatic heterocycles. The van der Waals surface area contributed by atoms with Crippen LogP contribution in [-0.4, -0.2) is 33.6 Å². The van der Waals surface area contributed by atoms with Gasteiger partial charge >= 0.3 is 0 Å². The van der Waals surface area contributed by atoms with Gasteiger partial charge < -0.3 is 10.1 Å². The maximum atomic E-state index is 13.9. The van der Waals surface area contributed by atoms with Crippen LogP contribution in [0.4, 0.5) is 14.5 Å². The van der Waals surface area contributed by atoms with Crippen molar-refractivity contribution in [3.8, 4) is 0 Å². The Balaban J connectivity index is 1.83. The fourth-order valence-electron chi connectivity index (χ4n) is 2.69. The fraction of sp³-hybridized carbons (Fsp3) is 0.278. The lowest BCUT2D eigenvalue weighted by Gasteiger charge is -2.13. The van der Waals surface area contributed by atoms with Gasteiger partial charge in [0.05, 0.1) is 11.5 Å². The third kappa shape index (κ3) is 4.68. The lowest BCUT2D eigenvalue weighted by molar-refractivity contribution is 0.102. The molecule has 0 radical (unpaired) electrons. The number of carbonyl (C=O) groups excluding carboxylic acids is 1. The van der Waals surface area contributed by atoms with Crippen LogP contribution in [0.25, 0.3) is 0 Å². The number of ether oxygens (including phenoxy) is 1. The van der Waals surface area contributed by atoms with E-state index in [4.69, 9.17) is 4.74 Å². The lowest BCUT2D eigenvalue weighted by Crippen LogP contribution is -2.35. The predicted molar refractivity (Wildman–Crippen MR) is 95.0 cm³/mol. The van der Waals surface area contributed by atoms with Gasteiger partial charge in [-0.3, -0.25) is 4.79 Å². The molecule has 0 aliphatic carbocycles. The predicted octanol–water partition coefficient (Wildman–Crippen LogP) is 2.59. The normalized spacial score (nSPS) is 17.1.